The number of anilines is 1. The lowest BCUT2D eigenvalue weighted by molar-refractivity contribution is -0.139. The highest BCUT2D eigenvalue weighted by Crippen LogP contribution is 2.58. The number of carbonyl (C=O) groups excluding carboxylic acids is 2. The number of benzene rings is 1. The molecule has 6 nitrogen and oxygen atoms in total. The monoisotopic (exact) mass is 424 g/mol. The topological polar surface area (TPSA) is 73.5 Å². The molecule has 3 aliphatic carbocycles. The zero-order chi connectivity index (χ0) is 21.6. The third kappa shape index (κ3) is 3.63. The highest BCUT2D eigenvalue weighted by atomic mass is 16.2. The van der Waals surface area contributed by atoms with Gasteiger partial charge in [-0.2, -0.15) is 0 Å². The van der Waals surface area contributed by atoms with E-state index >= 15 is 0 Å². The maximum Gasteiger partial charge on any atom is 0.255 e. The summed E-state index contributed by atoms with van der Waals surface area (Å²) in [7, 11) is 0. The Balaban J connectivity index is 1.25. The van der Waals surface area contributed by atoms with Crippen LogP contribution in [0, 0.1) is 17.3 Å². The van der Waals surface area contributed by atoms with Crippen molar-refractivity contribution in [1.82, 2.24) is 15.5 Å². The van der Waals surface area contributed by atoms with Gasteiger partial charge < -0.3 is 16.0 Å². The summed E-state index contributed by atoms with van der Waals surface area (Å²) in [6.45, 7) is 7.36. The summed E-state index contributed by atoms with van der Waals surface area (Å²) in [5, 5.41) is 10.2. The van der Waals surface area contributed by atoms with Crippen LogP contribution in [-0.4, -0.2) is 48.1 Å². The molecular formula is C25H36N4O2. The van der Waals surface area contributed by atoms with Gasteiger partial charge in [0.1, 0.15) is 5.66 Å². The fourth-order valence-corrected chi connectivity index (χ4v) is 6.79. The summed E-state index contributed by atoms with van der Waals surface area (Å²) < 4.78 is 0. The van der Waals surface area contributed by atoms with Crippen LogP contribution in [0.2, 0.25) is 0 Å². The molecular weight excluding hydrogens is 388 g/mol. The second kappa shape index (κ2) is 7.80. The van der Waals surface area contributed by atoms with E-state index in [2.05, 4.69) is 34.7 Å². The standard InChI is InChI=1S/C25H36N4O2/c1-17-7-5-6-13-29(17)14-12-26-23(31)20-15-18-10-11-24(20,2)16-25(18)27-21-9-4-3-8-19(21)22(30)28-25/h3-4,8-9,17-18,20,27H,5-7,10-16H2,1-2H3,(H,26,31)(H,28,30)/t17-,18-,20+,24+,25-/m1/s1. The highest BCUT2D eigenvalue weighted by Gasteiger charge is 2.60. The molecule has 2 amide bonds. The number of para-hydroxylation sites is 1. The van der Waals surface area contributed by atoms with E-state index in [0.717, 1.165) is 51.0 Å². The van der Waals surface area contributed by atoms with Crippen LogP contribution in [0.25, 0.3) is 0 Å². The molecule has 1 aromatic carbocycles. The van der Waals surface area contributed by atoms with Crippen LogP contribution in [-0.2, 0) is 4.79 Å². The average Bonchev–Trinajstić information content (AvgIpc) is 2.74. The first kappa shape index (κ1) is 20.8. The molecule has 2 aliphatic heterocycles. The number of likely N-dealkylation sites (tertiary alicyclic amines) is 1. The van der Waals surface area contributed by atoms with E-state index in [-0.39, 0.29) is 29.1 Å². The van der Waals surface area contributed by atoms with Crippen LogP contribution in [0.1, 0.15) is 69.2 Å². The number of hydrogen-bond donors (Lipinski definition) is 3. The first-order valence-electron chi connectivity index (χ1n) is 12.1. The van der Waals surface area contributed by atoms with Crippen molar-refractivity contribution in [3.8, 4) is 0 Å². The van der Waals surface area contributed by atoms with E-state index in [1.54, 1.807) is 0 Å². The average molecular weight is 425 g/mol. The summed E-state index contributed by atoms with van der Waals surface area (Å²) in [4.78, 5) is 28.6. The van der Waals surface area contributed by atoms with Crippen molar-refractivity contribution in [2.45, 2.75) is 70.5 Å². The SMILES string of the molecule is C[C@@H]1CCCCN1CCNC(=O)[C@@H]1C[C@H]2CC[C@@]1(C)C[C@@]21NC(=O)c2ccccc2N1. The highest BCUT2D eigenvalue weighted by molar-refractivity contribution is 6.02. The molecule has 3 saturated carbocycles. The van der Waals surface area contributed by atoms with Crippen molar-refractivity contribution in [2.75, 3.05) is 25.0 Å². The Kier molecular flexibility index (Phi) is 5.24. The van der Waals surface area contributed by atoms with Crippen molar-refractivity contribution in [3.63, 3.8) is 0 Å². The summed E-state index contributed by atoms with van der Waals surface area (Å²) in [5.41, 5.74) is 1.09. The molecule has 1 spiro atoms. The molecule has 1 saturated heterocycles. The maximum absolute atomic E-state index is 13.2. The van der Waals surface area contributed by atoms with Crippen molar-refractivity contribution in [1.29, 1.82) is 0 Å². The van der Waals surface area contributed by atoms with Gasteiger partial charge in [-0.3, -0.25) is 14.5 Å². The zero-order valence-corrected chi connectivity index (χ0v) is 18.9. The number of carbonyl (C=O) groups is 2. The molecule has 6 rings (SSSR count). The predicted molar refractivity (Wildman–Crippen MR) is 122 cm³/mol. The number of nitrogens with zero attached hydrogens (tertiary/aromatic N) is 1. The van der Waals surface area contributed by atoms with Gasteiger partial charge in [0.2, 0.25) is 5.91 Å². The summed E-state index contributed by atoms with van der Waals surface area (Å²) in [6.07, 6.45) is 7.57. The fraction of sp³-hybridized carbons (Fsp3) is 0.680. The minimum absolute atomic E-state index is 0.00199. The molecule has 0 aromatic heterocycles. The lowest BCUT2D eigenvalue weighted by Crippen LogP contribution is -2.70. The van der Waals surface area contributed by atoms with Gasteiger partial charge >= 0.3 is 0 Å². The minimum Gasteiger partial charge on any atom is -0.362 e. The first-order chi connectivity index (χ1) is 14.9. The number of rotatable bonds is 4. The summed E-state index contributed by atoms with van der Waals surface area (Å²) in [5.74, 6) is 0.493. The lowest BCUT2D eigenvalue weighted by Gasteiger charge is -2.60. The van der Waals surface area contributed by atoms with Crippen molar-refractivity contribution < 1.29 is 9.59 Å². The van der Waals surface area contributed by atoms with Crippen LogP contribution < -0.4 is 16.0 Å². The van der Waals surface area contributed by atoms with E-state index in [1.807, 2.05) is 24.3 Å². The van der Waals surface area contributed by atoms with Gasteiger partial charge in [0, 0.05) is 36.7 Å². The third-order valence-corrected chi connectivity index (χ3v) is 8.63. The van der Waals surface area contributed by atoms with Crippen LogP contribution >= 0.6 is 0 Å². The maximum atomic E-state index is 13.2. The molecule has 0 unspecified atom stereocenters. The second-order valence-corrected chi connectivity index (χ2v) is 10.6. The van der Waals surface area contributed by atoms with Crippen LogP contribution in [0.5, 0.6) is 0 Å². The van der Waals surface area contributed by atoms with Crippen molar-refractivity contribution >= 4 is 17.5 Å². The number of nitrogens with one attached hydrogen (secondary N) is 3. The molecule has 31 heavy (non-hydrogen) atoms. The van der Waals surface area contributed by atoms with E-state index in [9.17, 15) is 9.59 Å². The van der Waals surface area contributed by atoms with E-state index in [0.29, 0.717) is 11.6 Å². The summed E-state index contributed by atoms with van der Waals surface area (Å²) >= 11 is 0. The van der Waals surface area contributed by atoms with Crippen LogP contribution in [0.4, 0.5) is 5.69 Å². The Labute approximate surface area is 185 Å². The lowest BCUT2D eigenvalue weighted by atomic mass is 9.51. The van der Waals surface area contributed by atoms with E-state index in [1.165, 1.54) is 19.3 Å². The van der Waals surface area contributed by atoms with E-state index in [4.69, 9.17) is 0 Å². The zero-order valence-electron chi connectivity index (χ0n) is 18.9. The number of piperidine rings is 1. The molecule has 3 N–H and O–H groups in total. The molecule has 5 aliphatic rings. The van der Waals surface area contributed by atoms with Gasteiger partial charge in [-0.15, -0.1) is 0 Å². The minimum atomic E-state index is -0.432. The largest absolute Gasteiger partial charge is 0.362 e. The van der Waals surface area contributed by atoms with Crippen molar-refractivity contribution in [2.24, 2.45) is 17.3 Å². The van der Waals surface area contributed by atoms with Gasteiger partial charge in [0.15, 0.2) is 0 Å². The van der Waals surface area contributed by atoms with Crippen LogP contribution in [0.15, 0.2) is 24.3 Å². The van der Waals surface area contributed by atoms with Gasteiger partial charge in [0.05, 0.1) is 5.56 Å². The van der Waals surface area contributed by atoms with Gasteiger partial charge in [0.25, 0.3) is 5.91 Å². The molecule has 6 heteroatoms. The Morgan fingerprint density at radius 3 is 2.87 bits per heavy atom. The van der Waals surface area contributed by atoms with Gasteiger partial charge in [-0.25, -0.2) is 0 Å². The van der Waals surface area contributed by atoms with Gasteiger partial charge in [-0.1, -0.05) is 25.5 Å². The fourth-order valence-electron chi connectivity index (χ4n) is 6.79. The van der Waals surface area contributed by atoms with Gasteiger partial charge in [-0.05, 0) is 69.5 Å². The van der Waals surface area contributed by atoms with Crippen molar-refractivity contribution in [3.05, 3.63) is 29.8 Å². The van der Waals surface area contributed by atoms with E-state index < -0.39 is 5.66 Å². The second-order valence-electron chi connectivity index (χ2n) is 10.6. The molecule has 1 aromatic rings. The molecule has 168 valence electrons. The number of hydrogen-bond acceptors (Lipinski definition) is 4. The number of fused-ring (bicyclic) bond motifs is 3. The molecule has 5 atom stereocenters. The Morgan fingerprint density at radius 1 is 1.23 bits per heavy atom. The predicted octanol–water partition coefficient (Wildman–Crippen LogP) is 3.36. The smallest absolute Gasteiger partial charge is 0.255 e. The van der Waals surface area contributed by atoms with Crippen LogP contribution in [0.3, 0.4) is 0 Å². The Bertz CT molecular complexity index is 873. The molecule has 4 fully saturated rings. The third-order valence-electron chi connectivity index (χ3n) is 8.63. The quantitative estimate of drug-likeness (QED) is 0.693. The molecule has 2 bridgehead atoms. The molecule has 2 heterocycles. The number of amides is 2. The Morgan fingerprint density at radius 2 is 2.06 bits per heavy atom. The first-order valence-corrected chi connectivity index (χ1v) is 12.1. The normalized spacial score (nSPS) is 37.1. The molecule has 0 radical (unpaired) electrons. The Hall–Kier alpha value is -2.08. The summed E-state index contributed by atoms with van der Waals surface area (Å²) in [6, 6.07) is 8.36.